The summed E-state index contributed by atoms with van der Waals surface area (Å²) in [5, 5.41) is 6.81. The van der Waals surface area contributed by atoms with Crippen LogP contribution >= 0.6 is 0 Å². The minimum absolute atomic E-state index is 0.0372. The van der Waals surface area contributed by atoms with Gasteiger partial charge >= 0.3 is 5.76 Å². The molecule has 2 heterocycles. The van der Waals surface area contributed by atoms with Crippen molar-refractivity contribution < 1.29 is 9.32 Å². The Morgan fingerprint density at radius 2 is 2.15 bits per heavy atom. The van der Waals surface area contributed by atoms with Crippen molar-refractivity contribution in [2.75, 3.05) is 0 Å². The van der Waals surface area contributed by atoms with Crippen molar-refractivity contribution in [2.45, 2.75) is 31.8 Å². The molecule has 3 aromatic rings. The zero-order valence-corrected chi connectivity index (χ0v) is 14.1. The van der Waals surface area contributed by atoms with Gasteiger partial charge in [0.05, 0.1) is 6.04 Å². The molecule has 0 bridgehead atoms. The summed E-state index contributed by atoms with van der Waals surface area (Å²) in [5.41, 5.74) is 3.04. The van der Waals surface area contributed by atoms with Gasteiger partial charge < -0.3 is 5.32 Å². The van der Waals surface area contributed by atoms with E-state index in [9.17, 15) is 9.59 Å². The number of amides is 1. The van der Waals surface area contributed by atoms with Crippen LogP contribution in [0, 0.1) is 0 Å². The van der Waals surface area contributed by atoms with Crippen molar-refractivity contribution in [2.24, 2.45) is 0 Å². The van der Waals surface area contributed by atoms with Crippen LogP contribution < -0.4 is 11.1 Å². The average Bonchev–Trinajstić information content (AvgIpc) is 3.03. The highest BCUT2D eigenvalue weighted by Gasteiger charge is 2.23. The predicted octanol–water partition coefficient (Wildman–Crippen LogP) is 2.09. The number of rotatable bonds is 4. The molecule has 132 valence electrons. The molecule has 0 unspecified atom stereocenters. The van der Waals surface area contributed by atoms with Crippen LogP contribution in [0.5, 0.6) is 0 Å². The van der Waals surface area contributed by atoms with Gasteiger partial charge in [0.25, 0.3) is 0 Å². The number of aryl methyl sites for hydroxylation is 1. The van der Waals surface area contributed by atoms with Crippen molar-refractivity contribution in [3.8, 4) is 11.4 Å². The minimum Gasteiger partial charge on any atom is -0.348 e. The van der Waals surface area contributed by atoms with Gasteiger partial charge in [0.1, 0.15) is 6.54 Å². The number of hydrogen-bond donors (Lipinski definition) is 1. The van der Waals surface area contributed by atoms with E-state index >= 15 is 0 Å². The summed E-state index contributed by atoms with van der Waals surface area (Å²) in [6.07, 6.45) is 6.13. The van der Waals surface area contributed by atoms with Crippen LogP contribution in [-0.4, -0.2) is 20.6 Å². The molecule has 0 radical (unpaired) electrons. The van der Waals surface area contributed by atoms with E-state index in [4.69, 9.17) is 4.52 Å². The number of carbonyl (C=O) groups is 1. The summed E-state index contributed by atoms with van der Waals surface area (Å²) in [4.78, 5) is 28.6. The summed E-state index contributed by atoms with van der Waals surface area (Å²) in [7, 11) is 0. The summed E-state index contributed by atoms with van der Waals surface area (Å²) >= 11 is 0. The summed E-state index contributed by atoms with van der Waals surface area (Å²) in [5.74, 6) is -0.618. The second-order valence-electron chi connectivity index (χ2n) is 6.31. The number of pyridine rings is 1. The van der Waals surface area contributed by atoms with Crippen molar-refractivity contribution in [1.29, 1.82) is 0 Å². The zero-order chi connectivity index (χ0) is 17.9. The van der Waals surface area contributed by atoms with Gasteiger partial charge in [-0.3, -0.25) is 14.3 Å². The Balaban J connectivity index is 1.54. The van der Waals surface area contributed by atoms with Crippen LogP contribution in [0.4, 0.5) is 0 Å². The minimum atomic E-state index is -0.664. The normalized spacial score (nSPS) is 16.1. The van der Waals surface area contributed by atoms with Crippen LogP contribution in [0.1, 0.15) is 30.0 Å². The van der Waals surface area contributed by atoms with E-state index < -0.39 is 5.76 Å². The van der Waals surface area contributed by atoms with E-state index in [-0.39, 0.29) is 18.5 Å². The Morgan fingerprint density at radius 3 is 3.00 bits per heavy atom. The lowest BCUT2D eigenvalue weighted by Gasteiger charge is -2.26. The van der Waals surface area contributed by atoms with Gasteiger partial charge in [-0.2, -0.15) is 0 Å². The monoisotopic (exact) mass is 350 g/mol. The van der Waals surface area contributed by atoms with E-state index in [2.05, 4.69) is 21.5 Å². The standard InChI is InChI=1S/C19H18N4O3/c24-17(21-16-9-3-6-13-5-1-2-8-15(13)16)12-23-18(22-26-19(23)25)14-7-4-10-20-11-14/h1-2,4-5,7-8,10-11,16H,3,6,9,12H2,(H,21,24)/t16-/m1/s1. The summed E-state index contributed by atoms with van der Waals surface area (Å²) in [6.45, 7) is -0.148. The highest BCUT2D eigenvalue weighted by Crippen LogP contribution is 2.29. The molecule has 1 aliphatic rings. The maximum absolute atomic E-state index is 12.6. The molecule has 7 heteroatoms. The van der Waals surface area contributed by atoms with Gasteiger partial charge in [0.15, 0.2) is 5.82 Å². The Morgan fingerprint density at radius 1 is 1.27 bits per heavy atom. The van der Waals surface area contributed by atoms with Gasteiger partial charge in [0, 0.05) is 18.0 Å². The maximum atomic E-state index is 12.6. The number of benzene rings is 1. The number of hydrogen-bond acceptors (Lipinski definition) is 5. The highest BCUT2D eigenvalue weighted by molar-refractivity contribution is 5.77. The van der Waals surface area contributed by atoms with Gasteiger partial charge in [-0.15, -0.1) is 0 Å². The molecular weight excluding hydrogens is 332 g/mol. The summed E-state index contributed by atoms with van der Waals surface area (Å²) in [6, 6.07) is 11.6. The first-order valence-electron chi connectivity index (χ1n) is 8.56. The van der Waals surface area contributed by atoms with E-state index in [1.807, 2.05) is 18.2 Å². The molecule has 1 aliphatic carbocycles. The Kier molecular flexibility index (Phi) is 4.35. The van der Waals surface area contributed by atoms with Crippen LogP contribution in [-0.2, 0) is 17.8 Å². The first kappa shape index (κ1) is 16.3. The van der Waals surface area contributed by atoms with Gasteiger partial charge in [0.2, 0.25) is 5.91 Å². The molecule has 0 fully saturated rings. The first-order chi connectivity index (χ1) is 12.7. The predicted molar refractivity (Wildman–Crippen MR) is 94.3 cm³/mol. The molecule has 0 saturated heterocycles. The molecule has 7 nitrogen and oxygen atoms in total. The average molecular weight is 350 g/mol. The molecule has 26 heavy (non-hydrogen) atoms. The van der Waals surface area contributed by atoms with Crippen molar-refractivity contribution in [3.05, 3.63) is 70.5 Å². The van der Waals surface area contributed by atoms with E-state index in [0.717, 1.165) is 24.8 Å². The number of fused-ring (bicyclic) bond motifs is 1. The molecule has 0 spiro atoms. The fourth-order valence-electron chi connectivity index (χ4n) is 3.40. The molecule has 2 aromatic heterocycles. The molecule has 0 saturated carbocycles. The second-order valence-corrected chi connectivity index (χ2v) is 6.31. The fourth-order valence-corrected chi connectivity index (χ4v) is 3.40. The van der Waals surface area contributed by atoms with E-state index in [0.29, 0.717) is 11.4 Å². The quantitative estimate of drug-likeness (QED) is 0.778. The van der Waals surface area contributed by atoms with E-state index in [1.165, 1.54) is 10.1 Å². The third-order valence-electron chi connectivity index (χ3n) is 4.61. The Bertz CT molecular complexity index is 978. The fraction of sp³-hybridized carbons (Fsp3) is 0.263. The van der Waals surface area contributed by atoms with Crippen LogP contribution in [0.2, 0.25) is 0 Å². The third kappa shape index (κ3) is 3.15. The van der Waals surface area contributed by atoms with Gasteiger partial charge in [-0.05, 0) is 42.5 Å². The number of nitrogens with zero attached hydrogens (tertiary/aromatic N) is 3. The SMILES string of the molecule is O=C(Cn1c(-c2cccnc2)noc1=O)N[C@@H]1CCCc2ccccc21. The molecule has 1 amide bonds. The topological polar surface area (TPSA) is 90.0 Å². The molecule has 4 rings (SSSR count). The van der Waals surface area contributed by atoms with Gasteiger partial charge in [-0.1, -0.05) is 29.4 Å². The van der Waals surface area contributed by atoms with Crippen molar-refractivity contribution in [1.82, 2.24) is 20.0 Å². The number of aromatic nitrogens is 3. The molecule has 1 N–H and O–H groups in total. The highest BCUT2D eigenvalue weighted by atomic mass is 16.5. The Hall–Kier alpha value is -3.22. The molecule has 1 aromatic carbocycles. The Labute approximate surface area is 149 Å². The van der Waals surface area contributed by atoms with Crippen molar-refractivity contribution >= 4 is 5.91 Å². The number of carbonyl (C=O) groups excluding carboxylic acids is 1. The molecule has 1 atom stereocenters. The summed E-state index contributed by atoms with van der Waals surface area (Å²) < 4.78 is 5.97. The van der Waals surface area contributed by atoms with Crippen LogP contribution in [0.3, 0.4) is 0 Å². The van der Waals surface area contributed by atoms with Crippen LogP contribution in [0.15, 0.2) is 58.1 Å². The number of nitrogens with one attached hydrogen (secondary N) is 1. The smallest absolute Gasteiger partial charge is 0.348 e. The largest absolute Gasteiger partial charge is 0.442 e. The van der Waals surface area contributed by atoms with E-state index in [1.54, 1.807) is 24.5 Å². The van der Waals surface area contributed by atoms with Crippen LogP contribution in [0.25, 0.3) is 11.4 Å². The first-order valence-corrected chi connectivity index (χ1v) is 8.56. The lowest BCUT2D eigenvalue weighted by molar-refractivity contribution is -0.122. The molecule has 0 aliphatic heterocycles. The second kappa shape index (κ2) is 6.95. The maximum Gasteiger partial charge on any atom is 0.442 e. The molecular formula is C19H18N4O3. The lowest BCUT2D eigenvalue weighted by atomic mass is 9.88. The van der Waals surface area contributed by atoms with Gasteiger partial charge in [-0.25, -0.2) is 9.36 Å². The lowest BCUT2D eigenvalue weighted by Crippen LogP contribution is -2.35. The van der Waals surface area contributed by atoms with Crippen molar-refractivity contribution in [3.63, 3.8) is 0 Å². The zero-order valence-electron chi connectivity index (χ0n) is 14.1. The third-order valence-corrected chi connectivity index (χ3v) is 4.61.